The fraction of sp³-hybridized carbons (Fsp3) is 0. The Balaban J connectivity index is 2.77. The first kappa shape index (κ1) is 7.14. The normalized spacial score (nSPS) is 9.92. The predicted molar refractivity (Wildman–Crippen MR) is 48.2 cm³/mol. The fourth-order valence-electron chi connectivity index (χ4n) is 1.07. The Hall–Kier alpha value is -1.53. The lowest BCUT2D eigenvalue weighted by atomic mass is 10.2. The summed E-state index contributed by atoms with van der Waals surface area (Å²) in [5.74, 6) is 0.244. The quantitative estimate of drug-likeness (QED) is 0.668. The van der Waals surface area contributed by atoms with Crippen LogP contribution in [0.4, 0.5) is 0 Å². The zero-order valence-electron chi connectivity index (χ0n) is 6.11. The molecule has 58 valence electrons. The van der Waals surface area contributed by atoms with E-state index in [0.29, 0.717) is 4.88 Å². The van der Waals surface area contributed by atoms with Gasteiger partial charge in [0.2, 0.25) is 0 Å². The van der Waals surface area contributed by atoms with Crippen LogP contribution in [0.25, 0.3) is 10.1 Å². The third-order valence-electron chi connectivity index (χ3n) is 1.61. The van der Waals surface area contributed by atoms with Crippen molar-refractivity contribution in [3.63, 3.8) is 0 Å². The summed E-state index contributed by atoms with van der Waals surface area (Å²) in [7, 11) is 0. The number of nitrogens with zero attached hydrogens (tertiary/aromatic N) is 1. The molecule has 0 bridgehead atoms. The van der Waals surface area contributed by atoms with Crippen molar-refractivity contribution in [1.82, 2.24) is 0 Å². The minimum Gasteiger partial charge on any atom is -0.508 e. The largest absolute Gasteiger partial charge is 0.508 e. The van der Waals surface area contributed by atoms with Crippen molar-refractivity contribution in [2.24, 2.45) is 0 Å². The maximum Gasteiger partial charge on any atom is 0.117 e. The van der Waals surface area contributed by atoms with Crippen molar-refractivity contribution in [1.29, 1.82) is 5.26 Å². The summed E-state index contributed by atoms with van der Waals surface area (Å²) in [6.07, 6.45) is 0. The molecule has 0 aliphatic carbocycles. The second kappa shape index (κ2) is 2.50. The zero-order valence-corrected chi connectivity index (χ0v) is 6.93. The lowest BCUT2D eigenvalue weighted by Gasteiger charge is -1.89. The van der Waals surface area contributed by atoms with Crippen LogP contribution in [0, 0.1) is 11.3 Å². The summed E-state index contributed by atoms with van der Waals surface area (Å²) >= 11 is 1.39. The number of rotatable bonds is 0. The van der Waals surface area contributed by atoms with Gasteiger partial charge in [0.05, 0.1) is 0 Å². The first-order chi connectivity index (χ1) is 5.79. The smallest absolute Gasteiger partial charge is 0.117 e. The lowest BCUT2D eigenvalue weighted by molar-refractivity contribution is 0.476. The van der Waals surface area contributed by atoms with Gasteiger partial charge >= 0.3 is 0 Å². The molecule has 2 rings (SSSR count). The molecule has 0 fully saturated rings. The summed E-state index contributed by atoms with van der Waals surface area (Å²) < 4.78 is 0.951. The summed E-state index contributed by atoms with van der Waals surface area (Å²) in [6, 6.07) is 8.99. The van der Waals surface area contributed by atoms with E-state index in [9.17, 15) is 0 Å². The summed E-state index contributed by atoms with van der Waals surface area (Å²) in [4.78, 5) is 0.676. The molecule has 0 aliphatic rings. The van der Waals surface area contributed by atoms with Crippen LogP contribution in [0.15, 0.2) is 24.3 Å². The van der Waals surface area contributed by atoms with Gasteiger partial charge in [0.15, 0.2) is 0 Å². The molecular formula is C9H5NOS. The van der Waals surface area contributed by atoms with Gasteiger partial charge in [-0.3, -0.25) is 0 Å². The Morgan fingerprint density at radius 1 is 1.33 bits per heavy atom. The molecule has 3 heteroatoms. The van der Waals surface area contributed by atoms with Crippen LogP contribution in [0.2, 0.25) is 0 Å². The Bertz CT molecular complexity index is 467. The number of hydrogen-bond acceptors (Lipinski definition) is 3. The highest BCUT2D eigenvalue weighted by Crippen LogP contribution is 2.27. The number of phenolic OH excluding ortho intramolecular Hbond substituents is 1. The molecule has 0 amide bonds. The number of thiophene rings is 1. The number of nitriles is 1. The van der Waals surface area contributed by atoms with E-state index >= 15 is 0 Å². The standard InChI is InChI=1S/C9H5NOS/c10-5-8-3-6-1-2-7(11)4-9(6)12-8/h1-4,11H. The summed E-state index contributed by atoms with van der Waals surface area (Å²) in [5, 5.41) is 18.8. The van der Waals surface area contributed by atoms with Crippen molar-refractivity contribution >= 4 is 21.4 Å². The third-order valence-corrected chi connectivity index (χ3v) is 2.62. The molecule has 1 aromatic heterocycles. The van der Waals surface area contributed by atoms with E-state index < -0.39 is 0 Å². The SMILES string of the molecule is N#Cc1cc2ccc(O)cc2s1. The van der Waals surface area contributed by atoms with Crippen LogP contribution in [-0.2, 0) is 0 Å². The van der Waals surface area contributed by atoms with Gasteiger partial charge in [-0.2, -0.15) is 5.26 Å². The maximum atomic E-state index is 9.14. The average Bonchev–Trinajstić information content (AvgIpc) is 2.46. The molecule has 0 atom stereocenters. The number of phenols is 1. The Labute approximate surface area is 73.3 Å². The molecule has 1 N–H and O–H groups in total. The van der Waals surface area contributed by atoms with Crippen LogP contribution < -0.4 is 0 Å². The highest BCUT2D eigenvalue weighted by molar-refractivity contribution is 7.19. The highest BCUT2D eigenvalue weighted by atomic mass is 32.1. The number of benzene rings is 1. The van der Waals surface area contributed by atoms with Gasteiger partial charge in [-0.25, -0.2) is 0 Å². The van der Waals surface area contributed by atoms with Crippen molar-refractivity contribution < 1.29 is 5.11 Å². The summed E-state index contributed by atoms with van der Waals surface area (Å²) in [5.41, 5.74) is 0. The molecule has 0 saturated carbocycles. The second-order valence-electron chi connectivity index (χ2n) is 2.44. The first-order valence-corrected chi connectivity index (χ1v) is 4.24. The van der Waals surface area contributed by atoms with Crippen molar-refractivity contribution in [2.45, 2.75) is 0 Å². The van der Waals surface area contributed by atoms with Crippen LogP contribution in [0.1, 0.15) is 4.88 Å². The van der Waals surface area contributed by atoms with Crippen LogP contribution >= 0.6 is 11.3 Å². The van der Waals surface area contributed by atoms with Crippen molar-refractivity contribution in [3.05, 3.63) is 29.1 Å². The molecule has 0 radical (unpaired) electrons. The minimum absolute atomic E-state index is 0.244. The van der Waals surface area contributed by atoms with E-state index in [2.05, 4.69) is 6.07 Å². The average molecular weight is 175 g/mol. The van der Waals surface area contributed by atoms with E-state index in [4.69, 9.17) is 10.4 Å². The van der Waals surface area contributed by atoms with Gasteiger partial charge in [0.1, 0.15) is 16.7 Å². The van der Waals surface area contributed by atoms with Gasteiger partial charge < -0.3 is 5.11 Å². The zero-order chi connectivity index (χ0) is 8.55. The molecule has 1 aromatic carbocycles. The van der Waals surface area contributed by atoms with Gasteiger partial charge in [-0.1, -0.05) is 0 Å². The number of fused-ring (bicyclic) bond motifs is 1. The van der Waals surface area contributed by atoms with Gasteiger partial charge in [0.25, 0.3) is 0 Å². The minimum atomic E-state index is 0.244. The third kappa shape index (κ3) is 1.03. The molecule has 12 heavy (non-hydrogen) atoms. The molecule has 0 spiro atoms. The van der Waals surface area contributed by atoms with Crippen molar-refractivity contribution in [3.8, 4) is 11.8 Å². The molecule has 0 unspecified atom stereocenters. The van der Waals surface area contributed by atoms with E-state index in [1.165, 1.54) is 11.3 Å². The number of hydrogen-bond donors (Lipinski definition) is 1. The van der Waals surface area contributed by atoms with E-state index in [0.717, 1.165) is 10.1 Å². The predicted octanol–water partition coefficient (Wildman–Crippen LogP) is 2.48. The Morgan fingerprint density at radius 3 is 2.92 bits per heavy atom. The van der Waals surface area contributed by atoms with Crippen LogP contribution in [0.5, 0.6) is 5.75 Å². The monoisotopic (exact) mass is 175 g/mol. The summed E-state index contributed by atoms with van der Waals surface area (Å²) in [6.45, 7) is 0. The van der Waals surface area contributed by atoms with Crippen molar-refractivity contribution in [2.75, 3.05) is 0 Å². The fourth-order valence-corrected chi connectivity index (χ4v) is 1.97. The first-order valence-electron chi connectivity index (χ1n) is 3.42. The van der Waals surface area contributed by atoms with E-state index in [1.54, 1.807) is 12.1 Å². The maximum absolute atomic E-state index is 9.14. The molecule has 0 aliphatic heterocycles. The molecule has 2 aromatic rings. The molecular weight excluding hydrogens is 170 g/mol. The Morgan fingerprint density at radius 2 is 2.17 bits per heavy atom. The van der Waals surface area contributed by atoms with Crippen LogP contribution in [-0.4, -0.2) is 5.11 Å². The Kier molecular flexibility index (Phi) is 1.49. The van der Waals surface area contributed by atoms with E-state index in [-0.39, 0.29) is 5.75 Å². The molecule has 0 saturated heterocycles. The second-order valence-corrected chi connectivity index (χ2v) is 3.53. The topological polar surface area (TPSA) is 44.0 Å². The van der Waals surface area contributed by atoms with Gasteiger partial charge in [-0.05, 0) is 29.7 Å². The van der Waals surface area contributed by atoms with Gasteiger partial charge in [0, 0.05) is 4.70 Å². The van der Waals surface area contributed by atoms with E-state index in [1.807, 2.05) is 12.1 Å². The molecule has 1 heterocycles. The molecule has 2 nitrogen and oxygen atoms in total. The lowest BCUT2D eigenvalue weighted by Crippen LogP contribution is -1.61. The van der Waals surface area contributed by atoms with Gasteiger partial charge in [-0.15, -0.1) is 11.3 Å². The highest BCUT2D eigenvalue weighted by Gasteiger charge is 2.00. The number of aromatic hydroxyl groups is 1. The van der Waals surface area contributed by atoms with Crippen LogP contribution in [0.3, 0.4) is 0 Å².